The highest BCUT2D eigenvalue weighted by atomic mass is 35.5. The summed E-state index contributed by atoms with van der Waals surface area (Å²) in [7, 11) is 0. The van der Waals surface area contributed by atoms with Crippen LogP contribution in [-0.2, 0) is 16.1 Å². The van der Waals surface area contributed by atoms with Gasteiger partial charge in [0.05, 0.1) is 0 Å². The first-order chi connectivity index (χ1) is 14.1. The van der Waals surface area contributed by atoms with Gasteiger partial charge in [-0.2, -0.15) is 0 Å². The Balaban J connectivity index is 2.21. The second-order valence-corrected chi connectivity index (χ2v) is 8.33. The van der Waals surface area contributed by atoms with E-state index in [9.17, 15) is 9.59 Å². The molecule has 0 saturated carbocycles. The van der Waals surface area contributed by atoms with Gasteiger partial charge in [0.15, 0.2) is 6.61 Å². The third-order valence-corrected chi connectivity index (χ3v) is 5.57. The fourth-order valence-corrected chi connectivity index (χ4v) is 3.29. The minimum absolute atomic E-state index is 0.00775. The summed E-state index contributed by atoms with van der Waals surface area (Å²) in [5, 5.41) is 3.57. The van der Waals surface area contributed by atoms with Crippen LogP contribution in [-0.4, -0.2) is 35.4 Å². The molecule has 2 rings (SSSR count). The van der Waals surface area contributed by atoms with Crippen molar-refractivity contribution < 1.29 is 14.3 Å². The van der Waals surface area contributed by atoms with E-state index in [2.05, 4.69) is 5.32 Å². The summed E-state index contributed by atoms with van der Waals surface area (Å²) in [6.07, 6.45) is 0. The topological polar surface area (TPSA) is 58.6 Å². The number of nitrogens with one attached hydrogen (secondary N) is 1. The van der Waals surface area contributed by atoms with Crippen molar-refractivity contribution in [3.05, 3.63) is 63.7 Å². The van der Waals surface area contributed by atoms with Crippen molar-refractivity contribution in [2.45, 2.75) is 60.2 Å². The number of aryl methyl sites for hydroxylation is 3. The Labute approximate surface area is 184 Å². The van der Waals surface area contributed by atoms with Crippen molar-refractivity contribution in [3.8, 4) is 5.75 Å². The van der Waals surface area contributed by atoms with Crippen LogP contribution in [0.1, 0.15) is 43.0 Å². The molecule has 2 aromatic carbocycles. The van der Waals surface area contributed by atoms with E-state index in [1.54, 1.807) is 11.8 Å². The predicted molar refractivity (Wildman–Crippen MR) is 121 cm³/mol. The van der Waals surface area contributed by atoms with Crippen LogP contribution in [0.15, 0.2) is 36.4 Å². The number of hydrogen-bond acceptors (Lipinski definition) is 3. The average Bonchev–Trinajstić information content (AvgIpc) is 2.68. The van der Waals surface area contributed by atoms with Crippen LogP contribution in [0.2, 0.25) is 5.02 Å². The van der Waals surface area contributed by atoms with Gasteiger partial charge < -0.3 is 15.0 Å². The summed E-state index contributed by atoms with van der Waals surface area (Å²) in [6, 6.07) is 10.8. The highest BCUT2D eigenvalue weighted by Gasteiger charge is 2.27. The molecule has 0 saturated heterocycles. The zero-order chi connectivity index (χ0) is 22.4. The van der Waals surface area contributed by atoms with Gasteiger partial charge in [-0.3, -0.25) is 9.59 Å². The molecule has 162 valence electrons. The summed E-state index contributed by atoms with van der Waals surface area (Å²) < 4.78 is 5.76. The van der Waals surface area contributed by atoms with Crippen LogP contribution in [0.5, 0.6) is 5.75 Å². The Kier molecular flexibility index (Phi) is 8.30. The Morgan fingerprint density at radius 1 is 1.03 bits per heavy atom. The maximum absolute atomic E-state index is 13.1. The van der Waals surface area contributed by atoms with Crippen molar-refractivity contribution in [3.63, 3.8) is 0 Å². The lowest BCUT2D eigenvalue weighted by Gasteiger charge is -2.29. The van der Waals surface area contributed by atoms with E-state index < -0.39 is 6.04 Å². The van der Waals surface area contributed by atoms with Gasteiger partial charge in [-0.15, -0.1) is 0 Å². The number of hydrogen-bond donors (Lipinski definition) is 1. The number of nitrogens with zero attached hydrogens (tertiary/aromatic N) is 1. The quantitative estimate of drug-likeness (QED) is 0.666. The Morgan fingerprint density at radius 2 is 1.63 bits per heavy atom. The van der Waals surface area contributed by atoms with E-state index in [0.29, 0.717) is 17.3 Å². The molecule has 0 bridgehead atoms. The minimum atomic E-state index is -0.628. The summed E-state index contributed by atoms with van der Waals surface area (Å²) in [5.74, 6) is 0.137. The first-order valence-corrected chi connectivity index (χ1v) is 10.5. The number of rotatable bonds is 8. The zero-order valence-corrected chi connectivity index (χ0v) is 19.3. The van der Waals surface area contributed by atoms with Gasteiger partial charge >= 0.3 is 0 Å². The van der Waals surface area contributed by atoms with Gasteiger partial charge in [-0.25, -0.2) is 0 Å². The van der Waals surface area contributed by atoms with Crippen molar-refractivity contribution in [2.75, 3.05) is 6.61 Å². The van der Waals surface area contributed by atoms with Crippen LogP contribution in [0.25, 0.3) is 0 Å². The lowest BCUT2D eigenvalue weighted by atomic mass is 10.1. The molecule has 0 fully saturated rings. The molecule has 2 amide bonds. The summed E-state index contributed by atoms with van der Waals surface area (Å²) >= 11 is 6.21. The largest absolute Gasteiger partial charge is 0.484 e. The fourth-order valence-electron chi connectivity index (χ4n) is 3.18. The molecule has 0 aliphatic rings. The van der Waals surface area contributed by atoms with Crippen LogP contribution >= 0.6 is 11.6 Å². The van der Waals surface area contributed by atoms with E-state index in [0.717, 1.165) is 22.3 Å². The van der Waals surface area contributed by atoms with Crippen LogP contribution in [0.3, 0.4) is 0 Å². The highest BCUT2D eigenvalue weighted by Crippen LogP contribution is 2.26. The van der Waals surface area contributed by atoms with Gasteiger partial charge in [-0.1, -0.05) is 35.9 Å². The maximum Gasteiger partial charge on any atom is 0.261 e. The second kappa shape index (κ2) is 10.5. The SMILES string of the molecule is Cc1ccccc1CN(C(=O)COc1cc(C)c(Cl)c(C)c1)[C@@H](C)C(=O)NC(C)C. The van der Waals surface area contributed by atoms with Crippen molar-refractivity contribution >= 4 is 23.4 Å². The molecule has 0 heterocycles. The van der Waals surface area contributed by atoms with Crippen LogP contribution in [0.4, 0.5) is 0 Å². The zero-order valence-electron chi connectivity index (χ0n) is 18.6. The maximum atomic E-state index is 13.1. The standard InChI is InChI=1S/C24H31ClN2O3/c1-15(2)26-24(29)19(6)27(13-20-10-8-7-9-16(20)3)22(28)14-30-21-11-17(4)23(25)18(5)12-21/h7-12,15,19H,13-14H2,1-6H3,(H,26,29)/t19-/m0/s1. The number of benzene rings is 2. The number of amides is 2. The third-order valence-electron chi connectivity index (χ3n) is 4.97. The smallest absolute Gasteiger partial charge is 0.261 e. The number of carbonyl (C=O) groups excluding carboxylic acids is 2. The van der Waals surface area contributed by atoms with E-state index in [1.807, 2.05) is 71.0 Å². The average molecular weight is 431 g/mol. The number of carbonyl (C=O) groups is 2. The molecule has 2 aromatic rings. The molecule has 0 spiro atoms. The molecule has 6 heteroatoms. The lowest BCUT2D eigenvalue weighted by Crippen LogP contribution is -2.50. The molecule has 1 N–H and O–H groups in total. The van der Waals surface area contributed by atoms with Gasteiger partial charge in [0.1, 0.15) is 11.8 Å². The molecule has 1 atom stereocenters. The first kappa shape index (κ1) is 23.7. The van der Waals surface area contributed by atoms with E-state index in [1.165, 1.54) is 0 Å². The van der Waals surface area contributed by atoms with Gasteiger partial charge in [0, 0.05) is 17.6 Å². The Bertz CT molecular complexity index is 888. The molecule has 30 heavy (non-hydrogen) atoms. The lowest BCUT2D eigenvalue weighted by molar-refractivity contribution is -0.142. The molecule has 0 aromatic heterocycles. The summed E-state index contributed by atoms with van der Waals surface area (Å²) in [4.78, 5) is 27.3. The fraction of sp³-hybridized carbons (Fsp3) is 0.417. The van der Waals surface area contributed by atoms with Gasteiger partial charge in [-0.05, 0) is 75.9 Å². The highest BCUT2D eigenvalue weighted by molar-refractivity contribution is 6.32. The first-order valence-electron chi connectivity index (χ1n) is 10.1. The molecule has 0 unspecified atom stereocenters. The van der Waals surface area contributed by atoms with E-state index >= 15 is 0 Å². The second-order valence-electron chi connectivity index (χ2n) is 7.95. The Hall–Kier alpha value is -2.53. The molecule has 0 aliphatic heterocycles. The normalized spacial score (nSPS) is 11.9. The molecular weight excluding hydrogens is 400 g/mol. The van der Waals surface area contributed by atoms with Gasteiger partial charge in [0.2, 0.25) is 5.91 Å². The van der Waals surface area contributed by atoms with Gasteiger partial charge in [0.25, 0.3) is 5.91 Å². The van der Waals surface area contributed by atoms with Crippen LogP contribution < -0.4 is 10.1 Å². The Morgan fingerprint density at radius 3 is 2.20 bits per heavy atom. The van der Waals surface area contributed by atoms with E-state index in [-0.39, 0.29) is 24.5 Å². The monoisotopic (exact) mass is 430 g/mol. The molecular formula is C24H31ClN2O3. The molecule has 0 aliphatic carbocycles. The predicted octanol–water partition coefficient (Wildman–Crippen LogP) is 4.59. The van der Waals surface area contributed by atoms with Crippen molar-refractivity contribution in [2.24, 2.45) is 0 Å². The number of ether oxygens (including phenoxy) is 1. The van der Waals surface area contributed by atoms with Crippen molar-refractivity contribution in [1.29, 1.82) is 0 Å². The van der Waals surface area contributed by atoms with Crippen LogP contribution in [0, 0.1) is 20.8 Å². The summed E-state index contributed by atoms with van der Waals surface area (Å²) in [6.45, 7) is 11.5. The number of halogens is 1. The molecule has 5 nitrogen and oxygen atoms in total. The molecule has 0 radical (unpaired) electrons. The van der Waals surface area contributed by atoms with E-state index in [4.69, 9.17) is 16.3 Å². The summed E-state index contributed by atoms with van der Waals surface area (Å²) in [5.41, 5.74) is 3.84. The minimum Gasteiger partial charge on any atom is -0.484 e. The third kappa shape index (κ3) is 6.23. The van der Waals surface area contributed by atoms with Crippen molar-refractivity contribution in [1.82, 2.24) is 10.2 Å².